The third-order valence-electron chi connectivity index (χ3n) is 7.31. The van der Waals surface area contributed by atoms with Crippen LogP contribution in [0.3, 0.4) is 0 Å². The van der Waals surface area contributed by atoms with E-state index in [0.717, 1.165) is 11.1 Å². The molecule has 2 aromatic carbocycles. The van der Waals surface area contributed by atoms with Gasteiger partial charge in [-0.05, 0) is 76.6 Å². The molecule has 2 aromatic rings. The van der Waals surface area contributed by atoms with Crippen molar-refractivity contribution in [2.75, 3.05) is 31.6 Å². The number of benzene rings is 2. The van der Waals surface area contributed by atoms with Crippen LogP contribution in [0.4, 0.5) is 14.9 Å². The molecule has 10 heteroatoms. The lowest BCUT2D eigenvalue weighted by atomic mass is 9.91. The normalized spacial score (nSPS) is 21.7. The average molecular weight is 564 g/mol. The minimum atomic E-state index is -0.767. The van der Waals surface area contributed by atoms with Crippen LogP contribution >= 0.6 is 0 Å². The predicted molar refractivity (Wildman–Crippen MR) is 151 cm³/mol. The summed E-state index contributed by atoms with van der Waals surface area (Å²) in [5, 5.41) is 12.7. The number of hydrogen-bond donors (Lipinski definition) is 2. The van der Waals surface area contributed by atoms with E-state index in [-0.39, 0.29) is 31.5 Å². The first-order chi connectivity index (χ1) is 19.3. The number of anilines is 1. The van der Waals surface area contributed by atoms with Crippen molar-refractivity contribution in [2.45, 2.75) is 51.9 Å². The number of aliphatic hydroxyl groups excluding tert-OH is 1. The lowest BCUT2D eigenvalue weighted by Crippen LogP contribution is -2.58. The molecule has 3 heterocycles. The highest BCUT2D eigenvalue weighted by Gasteiger charge is 2.39. The number of carbonyl (C=O) groups excluding carboxylic acids is 3. The molecule has 3 aliphatic rings. The third-order valence-corrected chi connectivity index (χ3v) is 7.31. The molecular weight excluding hydrogens is 529 g/mol. The van der Waals surface area contributed by atoms with Gasteiger partial charge in [0, 0.05) is 36.3 Å². The number of rotatable bonds is 3. The fourth-order valence-electron chi connectivity index (χ4n) is 5.34. The van der Waals surface area contributed by atoms with Crippen molar-refractivity contribution in [3.05, 3.63) is 76.8 Å². The zero-order valence-corrected chi connectivity index (χ0v) is 23.8. The van der Waals surface area contributed by atoms with Crippen molar-refractivity contribution < 1.29 is 33.4 Å². The van der Waals surface area contributed by atoms with Crippen LogP contribution in [0.5, 0.6) is 0 Å². The van der Waals surface area contributed by atoms with Gasteiger partial charge >= 0.3 is 6.09 Å². The van der Waals surface area contributed by atoms with E-state index in [9.17, 15) is 23.9 Å². The van der Waals surface area contributed by atoms with Gasteiger partial charge in [0.05, 0.1) is 23.9 Å². The van der Waals surface area contributed by atoms with Crippen molar-refractivity contribution in [3.8, 4) is 0 Å². The van der Waals surface area contributed by atoms with Crippen LogP contribution in [0.15, 0.2) is 54.3 Å². The maximum Gasteiger partial charge on any atom is 0.410 e. The van der Waals surface area contributed by atoms with E-state index < -0.39 is 29.2 Å². The molecule has 0 aliphatic carbocycles. The van der Waals surface area contributed by atoms with E-state index in [4.69, 9.17) is 9.47 Å². The Labute approximate surface area is 238 Å². The van der Waals surface area contributed by atoms with Gasteiger partial charge in [-0.15, -0.1) is 0 Å². The highest BCUT2D eigenvalue weighted by molar-refractivity contribution is 6.32. The van der Waals surface area contributed by atoms with Gasteiger partial charge in [-0.3, -0.25) is 9.59 Å². The predicted octanol–water partition coefficient (Wildman–Crippen LogP) is 4.44. The Morgan fingerprint density at radius 3 is 2.51 bits per heavy atom. The van der Waals surface area contributed by atoms with E-state index in [1.807, 2.05) is 32.1 Å². The fraction of sp³-hybridized carbons (Fsp3) is 0.387. The third kappa shape index (κ3) is 5.56. The SMILES string of the molecule is CC(C)(C)OC(=O)N1CCN(C(=O)c2ccc(C3=C/C(=C4\C(=O)Nc5cc(F)ccc54)OC3(C)C)cc2)C(CO)C1. The number of ether oxygens (including phenoxy) is 2. The molecule has 0 spiro atoms. The van der Waals surface area contributed by atoms with Crippen molar-refractivity contribution >= 4 is 34.7 Å². The summed E-state index contributed by atoms with van der Waals surface area (Å²) >= 11 is 0. The van der Waals surface area contributed by atoms with Crippen LogP contribution in [0, 0.1) is 5.82 Å². The number of piperazine rings is 1. The number of aliphatic hydroxyl groups is 1. The van der Waals surface area contributed by atoms with E-state index in [0.29, 0.717) is 34.7 Å². The zero-order chi connectivity index (χ0) is 29.7. The van der Waals surface area contributed by atoms with Crippen molar-refractivity contribution in [1.82, 2.24) is 9.80 Å². The number of nitrogens with zero attached hydrogens (tertiary/aromatic N) is 2. The van der Waals surface area contributed by atoms with Gasteiger partial charge in [-0.2, -0.15) is 0 Å². The Hall–Kier alpha value is -4.18. The molecule has 0 bridgehead atoms. The minimum Gasteiger partial charge on any atom is -0.482 e. The van der Waals surface area contributed by atoms with E-state index in [1.165, 1.54) is 17.0 Å². The Balaban J connectivity index is 1.35. The Morgan fingerprint density at radius 2 is 1.85 bits per heavy atom. The van der Waals surface area contributed by atoms with Crippen LogP contribution in [-0.4, -0.2) is 76.3 Å². The van der Waals surface area contributed by atoms with Crippen molar-refractivity contribution in [2.24, 2.45) is 0 Å². The number of halogens is 1. The van der Waals surface area contributed by atoms with Gasteiger partial charge in [-0.25, -0.2) is 9.18 Å². The highest BCUT2D eigenvalue weighted by atomic mass is 19.1. The summed E-state index contributed by atoms with van der Waals surface area (Å²) in [4.78, 5) is 41.7. The van der Waals surface area contributed by atoms with E-state index >= 15 is 0 Å². The molecule has 9 nitrogen and oxygen atoms in total. The molecule has 0 saturated carbocycles. The van der Waals surface area contributed by atoms with Gasteiger partial charge in [0.15, 0.2) is 0 Å². The maximum absolute atomic E-state index is 13.7. The zero-order valence-electron chi connectivity index (χ0n) is 23.8. The standard InChI is InChI=1S/C31H34FN3O6/c1-30(2,3)41-29(39)34-12-13-35(21(16-34)17-36)28(38)19-8-6-18(7-9-19)23-15-25(40-31(23,4)5)26-22-11-10-20(32)14-24(22)33-27(26)37/h6-11,14-15,21,36H,12-13,16-17H2,1-5H3,(H,33,37)/b26-25+. The van der Waals surface area contributed by atoms with Crippen LogP contribution in [-0.2, 0) is 14.3 Å². The topological polar surface area (TPSA) is 108 Å². The van der Waals surface area contributed by atoms with E-state index in [1.54, 1.807) is 43.9 Å². The molecule has 3 aliphatic heterocycles. The molecule has 3 amide bonds. The minimum absolute atomic E-state index is 0.175. The molecule has 0 aromatic heterocycles. The van der Waals surface area contributed by atoms with Gasteiger partial charge in [0.2, 0.25) is 0 Å². The average Bonchev–Trinajstić information content (AvgIpc) is 3.40. The summed E-state index contributed by atoms with van der Waals surface area (Å²) < 4.78 is 25.3. The summed E-state index contributed by atoms with van der Waals surface area (Å²) in [5.41, 5.74) is 1.99. The van der Waals surface area contributed by atoms with Gasteiger partial charge in [0.1, 0.15) is 22.8 Å². The van der Waals surface area contributed by atoms with Gasteiger partial charge < -0.3 is 29.7 Å². The van der Waals surface area contributed by atoms with Crippen molar-refractivity contribution in [1.29, 1.82) is 0 Å². The highest BCUT2D eigenvalue weighted by Crippen LogP contribution is 2.44. The molecule has 1 saturated heterocycles. The van der Waals surface area contributed by atoms with E-state index in [2.05, 4.69) is 5.32 Å². The maximum atomic E-state index is 13.7. The smallest absolute Gasteiger partial charge is 0.410 e. The number of amides is 3. The number of allylic oxidation sites excluding steroid dienone is 1. The van der Waals surface area contributed by atoms with Crippen LogP contribution < -0.4 is 5.32 Å². The monoisotopic (exact) mass is 563 g/mol. The summed E-state index contributed by atoms with van der Waals surface area (Å²) in [6.45, 7) is 9.60. The summed E-state index contributed by atoms with van der Waals surface area (Å²) in [6.07, 6.45) is 1.34. The lowest BCUT2D eigenvalue weighted by Gasteiger charge is -2.41. The molecule has 2 N–H and O–H groups in total. The second kappa shape index (κ2) is 10.3. The molecule has 41 heavy (non-hydrogen) atoms. The Kier molecular flexibility index (Phi) is 7.15. The van der Waals surface area contributed by atoms with Crippen LogP contribution in [0.2, 0.25) is 0 Å². The Morgan fingerprint density at radius 1 is 1.15 bits per heavy atom. The van der Waals surface area contributed by atoms with Gasteiger partial charge in [-0.1, -0.05) is 12.1 Å². The molecule has 0 radical (unpaired) electrons. The summed E-state index contributed by atoms with van der Waals surface area (Å²) in [5.74, 6) is -0.657. The summed E-state index contributed by atoms with van der Waals surface area (Å²) in [7, 11) is 0. The number of nitrogens with one attached hydrogen (secondary N) is 1. The molecule has 216 valence electrons. The van der Waals surface area contributed by atoms with Gasteiger partial charge in [0.25, 0.3) is 11.8 Å². The van der Waals surface area contributed by atoms with Crippen LogP contribution in [0.1, 0.15) is 56.1 Å². The molecule has 1 unspecified atom stereocenters. The summed E-state index contributed by atoms with van der Waals surface area (Å²) in [6, 6.07) is 10.7. The molecule has 1 atom stereocenters. The largest absolute Gasteiger partial charge is 0.482 e. The lowest BCUT2D eigenvalue weighted by molar-refractivity contribution is -0.111. The first-order valence-corrected chi connectivity index (χ1v) is 13.5. The molecule has 1 fully saturated rings. The Bertz CT molecular complexity index is 1470. The first-order valence-electron chi connectivity index (χ1n) is 13.5. The number of hydrogen-bond acceptors (Lipinski definition) is 6. The number of carbonyl (C=O) groups is 3. The molecular formula is C31H34FN3O6. The fourth-order valence-corrected chi connectivity index (χ4v) is 5.34. The first kappa shape index (κ1) is 28.4. The second-order valence-corrected chi connectivity index (χ2v) is 11.9. The molecule has 5 rings (SSSR count). The van der Waals surface area contributed by atoms with Crippen molar-refractivity contribution in [3.63, 3.8) is 0 Å². The second-order valence-electron chi connectivity index (χ2n) is 11.9. The quantitative estimate of drug-likeness (QED) is 0.535. The number of fused-ring (bicyclic) bond motifs is 1. The van der Waals surface area contributed by atoms with Crippen LogP contribution in [0.25, 0.3) is 11.1 Å².